The van der Waals surface area contributed by atoms with Gasteiger partial charge in [0.15, 0.2) is 11.5 Å². The van der Waals surface area contributed by atoms with Crippen molar-refractivity contribution < 1.29 is 9.32 Å². The molecule has 0 atom stereocenters. The normalized spacial score (nSPS) is 14.2. The largest absolute Gasteiger partial charge is 0.350 e. The van der Waals surface area contributed by atoms with Crippen molar-refractivity contribution in [2.45, 2.75) is 44.9 Å². The summed E-state index contributed by atoms with van der Waals surface area (Å²) in [6.07, 6.45) is 7.12. The Morgan fingerprint density at radius 1 is 1.11 bits per heavy atom. The number of benzene rings is 1. The van der Waals surface area contributed by atoms with Crippen molar-refractivity contribution in [3.63, 3.8) is 0 Å². The van der Waals surface area contributed by atoms with E-state index in [4.69, 9.17) is 4.52 Å². The summed E-state index contributed by atoms with van der Waals surface area (Å²) in [7, 11) is 0. The van der Waals surface area contributed by atoms with Crippen LogP contribution in [-0.2, 0) is 19.3 Å². The predicted molar refractivity (Wildman–Crippen MR) is 100 cm³/mol. The molecular weight excluding hydrogens is 342 g/mol. The van der Waals surface area contributed by atoms with Crippen LogP contribution in [-0.4, -0.2) is 32.8 Å². The molecule has 7 nitrogen and oxygen atoms in total. The topological polar surface area (TPSA) is 96.7 Å². The van der Waals surface area contributed by atoms with Crippen molar-refractivity contribution in [2.75, 3.05) is 6.54 Å². The van der Waals surface area contributed by atoms with Gasteiger partial charge in [0.25, 0.3) is 11.8 Å². The molecule has 2 N–H and O–H groups in total. The third-order valence-corrected chi connectivity index (χ3v) is 4.89. The Hall–Kier alpha value is -2.96. The summed E-state index contributed by atoms with van der Waals surface area (Å²) in [5, 5.41) is 14.2. The third-order valence-electron chi connectivity index (χ3n) is 4.89. The smallest absolute Gasteiger partial charge is 0.272 e. The van der Waals surface area contributed by atoms with E-state index in [0.29, 0.717) is 30.4 Å². The molecule has 2 heterocycles. The Morgan fingerprint density at radius 2 is 1.93 bits per heavy atom. The van der Waals surface area contributed by atoms with Gasteiger partial charge < -0.3 is 9.84 Å². The van der Waals surface area contributed by atoms with E-state index in [2.05, 4.69) is 25.7 Å². The molecule has 0 spiro atoms. The molecule has 0 radical (unpaired) electrons. The van der Waals surface area contributed by atoms with Gasteiger partial charge in [0.1, 0.15) is 0 Å². The first kappa shape index (κ1) is 17.5. The van der Waals surface area contributed by atoms with Gasteiger partial charge in [0.05, 0.1) is 0 Å². The van der Waals surface area contributed by atoms with Crippen LogP contribution < -0.4 is 5.32 Å². The SMILES string of the molecule is O=C(NCCc1noc(-c2ccccc2)n1)c1n[nH]c2c1CCCCCC2. The van der Waals surface area contributed by atoms with Gasteiger partial charge in [-0.1, -0.05) is 36.2 Å². The number of rotatable bonds is 5. The lowest BCUT2D eigenvalue weighted by atomic mass is 9.97. The highest BCUT2D eigenvalue weighted by Gasteiger charge is 2.20. The molecule has 1 aromatic carbocycles. The van der Waals surface area contributed by atoms with Crippen LogP contribution in [0.3, 0.4) is 0 Å². The Kier molecular flexibility index (Phi) is 5.27. The fourth-order valence-corrected chi connectivity index (χ4v) is 3.45. The van der Waals surface area contributed by atoms with E-state index in [1.165, 1.54) is 12.8 Å². The first-order valence-corrected chi connectivity index (χ1v) is 9.53. The maximum absolute atomic E-state index is 12.5. The van der Waals surface area contributed by atoms with Crippen molar-refractivity contribution >= 4 is 5.91 Å². The molecule has 2 aromatic heterocycles. The molecule has 27 heavy (non-hydrogen) atoms. The second-order valence-electron chi connectivity index (χ2n) is 6.83. The summed E-state index contributed by atoms with van der Waals surface area (Å²) in [5.74, 6) is 0.928. The van der Waals surface area contributed by atoms with Crippen LogP contribution in [0.4, 0.5) is 0 Å². The minimum atomic E-state index is -0.139. The highest BCUT2D eigenvalue weighted by atomic mass is 16.5. The van der Waals surface area contributed by atoms with Crippen LogP contribution in [0.5, 0.6) is 0 Å². The van der Waals surface area contributed by atoms with Gasteiger partial charge >= 0.3 is 0 Å². The molecule has 0 saturated heterocycles. The van der Waals surface area contributed by atoms with Crippen LogP contribution in [0.15, 0.2) is 34.9 Å². The number of aryl methyl sites for hydroxylation is 1. The summed E-state index contributed by atoms with van der Waals surface area (Å²) in [5.41, 5.74) is 3.61. The number of aromatic nitrogens is 4. The van der Waals surface area contributed by atoms with E-state index in [1.807, 2.05) is 30.3 Å². The summed E-state index contributed by atoms with van der Waals surface area (Å²) < 4.78 is 5.29. The zero-order chi connectivity index (χ0) is 18.5. The summed E-state index contributed by atoms with van der Waals surface area (Å²) in [4.78, 5) is 16.9. The average molecular weight is 365 g/mol. The number of nitrogens with zero attached hydrogens (tertiary/aromatic N) is 3. The third kappa shape index (κ3) is 4.07. The maximum Gasteiger partial charge on any atom is 0.272 e. The minimum Gasteiger partial charge on any atom is -0.350 e. The first-order valence-electron chi connectivity index (χ1n) is 9.53. The Bertz CT molecular complexity index is 900. The summed E-state index contributed by atoms with van der Waals surface area (Å²) >= 11 is 0. The molecule has 1 aliphatic carbocycles. The van der Waals surface area contributed by atoms with E-state index in [-0.39, 0.29) is 5.91 Å². The molecule has 3 aromatic rings. The van der Waals surface area contributed by atoms with Gasteiger partial charge in [-0.3, -0.25) is 9.89 Å². The average Bonchev–Trinajstić information content (AvgIpc) is 3.29. The number of H-pyrrole nitrogens is 1. The standard InChI is InChI=1S/C20H23N5O2/c26-19(18-15-10-6-1-2-7-11-16(15)23-24-18)21-13-12-17-22-20(27-25-17)14-8-4-3-5-9-14/h3-5,8-9H,1-2,6-7,10-13H2,(H,21,26)(H,23,24). The number of amides is 1. The molecule has 4 rings (SSSR count). The molecule has 140 valence electrons. The zero-order valence-corrected chi connectivity index (χ0v) is 15.2. The molecule has 0 bridgehead atoms. The molecule has 7 heteroatoms. The lowest BCUT2D eigenvalue weighted by Crippen LogP contribution is -2.27. The Labute approximate surface area is 157 Å². The number of carbonyl (C=O) groups is 1. The Balaban J connectivity index is 1.34. The van der Waals surface area contributed by atoms with Crippen LogP contribution in [0.2, 0.25) is 0 Å². The number of carbonyl (C=O) groups excluding carboxylic acids is 1. The van der Waals surface area contributed by atoms with Crippen molar-refractivity contribution in [1.82, 2.24) is 25.7 Å². The molecular formula is C20H23N5O2. The molecule has 0 saturated carbocycles. The molecule has 0 fully saturated rings. The van der Waals surface area contributed by atoms with Crippen LogP contribution in [0.1, 0.15) is 53.3 Å². The van der Waals surface area contributed by atoms with E-state index in [1.54, 1.807) is 0 Å². The molecule has 1 amide bonds. The van der Waals surface area contributed by atoms with Gasteiger partial charge in [-0.15, -0.1) is 0 Å². The van der Waals surface area contributed by atoms with Gasteiger partial charge in [0.2, 0.25) is 0 Å². The van der Waals surface area contributed by atoms with Gasteiger partial charge in [-0.25, -0.2) is 0 Å². The minimum absolute atomic E-state index is 0.139. The highest BCUT2D eigenvalue weighted by Crippen LogP contribution is 2.21. The van der Waals surface area contributed by atoms with Crippen LogP contribution in [0.25, 0.3) is 11.5 Å². The van der Waals surface area contributed by atoms with Crippen molar-refractivity contribution in [1.29, 1.82) is 0 Å². The van der Waals surface area contributed by atoms with Crippen molar-refractivity contribution in [2.24, 2.45) is 0 Å². The number of nitrogens with one attached hydrogen (secondary N) is 2. The van der Waals surface area contributed by atoms with Gasteiger partial charge in [-0.05, 0) is 37.8 Å². The first-order chi connectivity index (χ1) is 13.3. The predicted octanol–water partition coefficient (Wildman–Crippen LogP) is 3.09. The quantitative estimate of drug-likeness (QED) is 0.724. The van der Waals surface area contributed by atoms with E-state index in [0.717, 1.165) is 42.5 Å². The van der Waals surface area contributed by atoms with Crippen molar-refractivity contribution in [3.8, 4) is 11.5 Å². The lowest BCUT2D eigenvalue weighted by molar-refractivity contribution is 0.0948. The van der Waals surface area contributed by atoms with E-state index in [9.17, 15) is 4.79 Å². The number of fused-ring (bicyclic) bond motifs is 1. The number of hydrogen-bond donors (Lipinski definition) is 2. The number of hydrogen-bond acceptors (Lipinski definition) is 5. The van der Waals surface area contributed by atoms with Crippen molar-refractivity contribution in [3.05, 3.63) is 53.1 Å². The van der Waals surface area contributed by atoms with Crippen LogP contribution >= 0.6 is 0 Å². The van der Waals surface area contributed by atoms with E-state index >= 15 is 0 Å². The zero-order valence-electron chi connectivity index (χ0n) is 15.2. The van der Waals surface area contributed by atoms with E-state index < -0.39 is 0 Å². The molecule has 0 aliphatic heterocycles. The fraction of sp³-hybridized carbons (Fsp3) is 0.400. The second kappa shape index (κ2) is 8.16. The molecule has 1 aliphatic rings. The maximum atomic E-state index is 12.5. The van der Waals surface area contributed by atoms with Gasteiger partial charge in [-0.2, -0.15) is 10.1 Å². The fourth-order valence-electron chi connectivity index (χ4n) is 3.45. The highest BCUT2D eigenvalue weighted by molar-refractivity contribution is 5.94. The monoisotopic (exact) mass is 365 g/mol. The number of aromatic amines is 1. The van der Waals surface area contributed by atoms with Gasteiger partial charge in [0, 0.05) is 29.8 Å². The van der Waals surface area contributed by atoms with Crippen LogP contribution in [0, 0.1) is 0 Å². The molecule has 0 unspecified atom stereocenters. The lowest BCUT2D eigenvalue weighted by Gasteiger charge is -2.10. The summed E-state index contributed by atoms with van der Waals surface area (Å²) in [6, 6.07) is 9.63. The second-order valence-corrected chi connectivity index (χ2v) is 6.83. The summed E-state index contributed by atoms with van der Waals surface area (Å²) in [6.45, 7) is 0.439. The Morgan fingerprint density at radius 3 is 2.78 bits per heavy atom.